The van der Waals surface area contributed by atoms with Gasteiger partial charge in [0.15, 0.2) is 0 Å². The van der Waals surface area contributed by atoms with Crippen LogP contribution in [0.25, 0.3) is 0 Å². The molecule has 0 heterocycles. The third kappa shape index (κ3) is 6.16. The Morgan fingerprint density at radius 2 is 2.08 bits per heavy atom. The van der Waals surface area contributed by atoms with Crippen molar-refractivity contribution in [3.63, 3.8) is 0 Å². The lowest BCUT2D eigenvalue weighted by Crippen LogP contribution is -2.38. The lowest BCUT2D eigenvalue weighted by Gasteiger charge is -2.25. The molecule has 3 nitrogen and oxygen atoms in total. The van der Waals surface area contributed by atoms with Crippen LogP contribution in [0.1, 0.15) is 27.7 Å². The minimum Gasteiger partial charge on any atom is -0.373 e. The van der Waals surface area contributed by atoms with Gasteiger partial charge in [0.25, 0.3) is 0 Å². The zero-order valence-electron chi connectivity index (χ0n) is 8.39. The van der Waals surface area contributed by atoms with Gasteiger partial charge in [-0.3, -0.25) is 4.79 Å². The van der Waals surface area contributed by atoms with Gasteiger partial charge < -0.3 is 10.1 Å². The summed E-state index contributed by atoms with van der Waals surface area (Å²) in [7, 11) is 0. The van der Waals surface area contributed by atoms with Crippen LogP contribution in [0, 0.1) is 5.92 Å². The van der Waals surface area contributed by atoms with E-state index in [4.69, 9.17) is 4.74 Å². The Morgan fingerprint density at radius 1 is 1.50 bits per heavy atom. The van der Waals surface area contributed by atoms with Crippen molar-refractivity contribution in [1.29, 1.82) is 0 Å². The van der Waals surface area contributed by atoms with Crippen LogP contribution in [0.15, 0.2) is 0 Å². The Balaban J connectivity index is 3.62. The van der Waals surface area contributed by atoms with Crippen molar-refractivity contribution in [2.75, 3.05) is 13.2 Å². The molecular formula is C9H19NO2. The van der Waals surface area contributed by atoms with E-state index < -0.39 is 0 Å². The Hall–Kier alpha value is -0.570. The minimum atomic E-state index is -0.259. The Bertz CT molecular complexity index is 132. The molecule has 0 radical (unpaired) electrons. The lowest BCUT2D eigenvalue weighted by atomic mass is 10.1. The molecule has 12 heavy (non-hydrogen) atoms. The molecule has 0 fully saturated rings. The first-order valence-corrected chi connectivity index (χ1v) is 4.29. The lowest BCUT2D eigenvalue weighted by molar-refractivity contribution is -0.111. The van der Waals surface area contributed by atoms with E-state index >= 15 is 0 Å². The number of carbonyl (C=O) groups is 1. The van der Waals surface area contributed by atoms with E-state index in [1.165, 1.54) is 0 Å². The first kappa shape index (κ1) is 11.4. The highest BCUT2D eigenvalue weighted by atomic mass is 16.5. The van der Waals surface area contributed by atoms with E-state index in [-0.39, 0.29) is 5.60 Å². The van der Waals surface area contributed by atoms with Crippen LogP contribution in [-0.4, -0.2) is 25.2 Å². The number of hydrogen-bond donors (Lipinski definition) is 1. The fourth-order valence-corrected chi connectivity index (χ4v) is 0.731. The van der Waals surface area contributed by atoms with Gasteiger partial charge in [-0.15, -0.1) is 0 Å². The summed E-state index contributed by atoms with van der Waals surface area (Å²) in [5.74, 6) is 0.528. The average Bonchev–Trinajstić information content (AvgIpc) is 1.98. The van der Waals surface area contributed by atoms with Crippen molar-refractivity contribution in [3.8, 4) is 0 Å². The van der Waals surface area contributed by atoms with E-state index in [0.29, 0.717) is 18.9 Å². The molecule has 0 bridgehead atoms. The molecule has 1 amide bonds. The summed E-state index contributed by atoms with van der Waals surface area (Å²) in [6, 6.07) is 0. The molecule has 0 aromatic heterocycles. The molecule has 0 aromatic rings. The molecule has 0 unspecified atom stereocenters. The second-order valence-corrected chi connectivity index (χ2v) is 3.96. The molecule has 1 N–H and O–H groups in total. The number of nitrogens with one attached hydrogen (secondary N) is 1. The Morgan fingerprint density at radius 3 is 2.50 bits per heavy atom. The standard InChI is InChI=1S/C9H19NO2/c1-8(2)5-12-9(3,4)6-10-7-11/h7-8H,5-6H2,1-4H3,(H,10,11). The van der Waals surface area contributed by atoms with Crippen molar-refractivity contribution in [1.82, 2.24) is 5.32 Å². The van der Waals surface area contributed by atoms with Gasteiger partial charge in [0, 0.05) is 13.2 Å². The summed E-state index contributed by atoms with van der Waals surface area (Å²) in [6.07, 6.45) is 0.695. The predicted molar refractivity (Wildman–Crippen MR) is 48.9 cm³/mol. The summed E-state index contributed by atoms with van der Waals surface area (Å²) in [5.41, 5.74) is -0.259. The van der Waals surface area contributed by atoms with Crippen LogP contribution in [0.5, 0.6) is 0 Å². The maximum atomic E-state index is 10.0. The summed E-state index contributed by atoms with van der Waals surface area (Å²) >= 11 is 0. The van der Waals surface area contributed by atoms with Crippen molar-refractivity contribution >= 4 is 6.41 Å². The van der Waals surface area contributed by atoms with Crippen molar-refractivity contribution in [3.05, 3.63) is 0 Å². The molecule has 3 heteroatoms. The quantitative estimate of drug-likeness (QED) is 0.613. The van der Waals surface area contributed by atoms with Gasteiger partial charge in [0.1, 0.15) is 0 Å². The minimum absolute atomic E-state index is 0.259. The predicted octanol–water partition coefficient (Wildman–Crippen LogP) is 1.18. The van der Waals surface area contributed by atoms with Gasteiger partial charge >= 0.3 is 0 Å². The number of carbonyl (C=O) groups excluding carboxylic acids is 1. The second-order valence-electron chi connectivity index (χ2n) is 3.96. The molecule has 0 saturated carbocycles. The monoisotopic (exact) mass is 173 g/mol. The normalized spacial score (nSPS) is 11.8. The van der Waals surface area contributed by atoms with E-state index in [0.717, 1.165) is 6.61 Å². The summed E-state index contributed by atoms with van der Waals surface area (Å²) in [6.45, 7) is 9.42. The summed E-state index contributed by atoms with van der Waals surface area (Å²) in [5, 5.41) is 2.61. The Labute approximate surface area is 74.5 Å². The molecule has 72 valence electrons. The number of ether oxygens (including phenoxy) is 1. The van der Waals surface area contributed by atoms with Crippen LogP contribution in [0.3, 0.4) is 0 Å². The van der Waals surface area contributed by atoms with Crippen molar-refractivity contribution in [2.45, 2.75) is 33.3 Å². The molecular weight excluding hydrogens is 154 g/mol. The van der Waals surface area contributed by atoms with Crippen LogP contribution in [-0.2, 0) is 9.53 Å². The zero-order valence-corrected chi connectivity index (χ0v) is 8.39. The highest BCUT2D eigenvalue weighted by Crippen LogP contribution is 2.09. The first-order chi connectivity index (χ1) is 5.48. The van der Waals surface area contributed by atoms with Crippen LogP contribution in [0.4, 0.5) is 0 Å². The van der Waals surface area contributed by atoms with E-state index in [1.807, 2.05) is 13.8 Å². The molecule has 0 aliphatic rings. The van der Waals surface area contributed by atoms with Gasteiger partial charge in [0.05, 0.1) is 5.60 Å². The molecule has 0 atom stereocenters. The van der Waals surface area contributed by atoms with Crippen LogP contribution in [0.2, 0.25) is 0 Å². The molecule has 0 spiro atoms. The van der Waals surface area contributed by atoms with Gasteiger partial charge in [-0.2, -0.15) is 0 Å². The van der Waals surface area contributed by atoms with Gasteiger partial charge in [0.2, 0.25) is 6.41 Å². The van der Waals surface area contributed by atoms with Gasteiger partial charge in [-0.25, -0.2) is 0 Å². The summed E-state index contributed by atoms with van der Waals surface area (Å²) < 4.78 is 5.57. The van der Waals surface area contributed by atoms with Crippen molar-refractivity contribution in [2.24, 2.45) is 5.92 Å². The average molecular weight is 173 g/mol. The van der Waals surface area contributed by atoms with E-state index in [9.17, 15) is 4.79 Å². The van der Waals surface area contributed by atoms with Gasteiger partial charge in [-0.05, 0) is 19.8 Å². The fraction of sp³-hybridized carbons (Fsp3) is 0.889. The van der Waals surface area contributed by atoms with Crippen molar-refractivity contribution < 1.29 is 9.53 Å². The third-order valence-corrected chi connectivity index (χ3v) is 1.42. The maximum Gasteiger partial charge on any atom is 0.207 e. The molecule has 0 saturated heterocycles. The SMILES string of the molecule is CC(C)COC(C)(C)CNC=O. The smallest absolute Gasteiger partial charge is 0.207 e. The Kier molecular flexibility index (Phi) is 4.90. The van der Waals surface area contributed by atoms with Gasteiger partial charge in [-0.1, -0.05) is 13.8 Å². The van der Waals surface area contributed by atoms with E-state index in [2.05, 4.69) is 19.2 Å². The molecule has 0 aromatic carbocycles. The molecule has 0 aliphatic heterocycles. The fourth-order valence-electron chi connectivity index (χ4n) is 0.731. The number of amides is 1. The van der Waals surface area contributed by atoms with Crippen LogP contribution < -0.4 is 5.32 Å². The first-order valence-electron chi connectivity index (χ1n) is 4.29. The van der Waals surface area contributed by atoms with E-state index in [1.54, 1.807) is 0 Å². The largest absolute Gasteiger partial charge is 0.373 e. The highest BCUT2D eigenvalue weighted by Gasteiger charge is 2.17. The maximum absolute atomic E-state index is 10.0. The summed E-state index contributed by atoms with van der Waals surface area (Å²) in [4.78, 5) is 10.0. The third-order valence-electron chi connectivity index (χ3n) is 1.42. The zero-order chi connectivity index (χ0) is 9.61. The number of rotatable bonds is 6. The molecule has 0 aliphatic carbocycles. The highest BCUT2D eigenvalue weighted by molar-refractivity contribution is 5.45. The number of hydrogen-bond acceptors (Lipinski definition) is 2. The van der Waals surface area contributed by atoms with Crippen LogP contribution >= 0.6 is 0 Å². The topological polar surface area (TPSA) is 38.3 Å². The second kappa shape index (κ2) is 5.14. The molecule has 0 rings (SSSR count).